The Morgan fingerprint density at radius 3 is 2.20 bits per heavy atom. The zero-order chi connectivity index (χ0) is 48.9. The summed E-state index contributed by atoms with van der Waals surface area (Å²) in [7, 11) is 4.82. The summed E-state index contributed by atoms with van der Waals surface area (Å²) in [5.41, 5.74) is 4.70. The van der Waals surface area contributed by atoms with Crippen LogP contribution in [-0.2, 0) is 44.6 Å². The Kier molecular flexibility index (Phi) is 21.0. The maximum atomic E-state index is 14.5. The van der Waals surface area contributed by atoms with Gasteiger partial charge in [0.25, 0.3) is 0 Å². The summed E-state index contributed by atoms with van der Waals surface area (Å²) in [6.45, 7) is 21.2. The first-order chi connectivity index (χ1) is 30.4. The molecule has 2 heterocycles. The number of aromatic nitrogens is 1. The first-order valence-electron chi connectivity index (χ1n) is 23.3. The number of benzene rings is 1. The van der Waals surface area contributed by atoms with Crippen LogP contribution in [0.5, 0.6) is 0 Å². The Bertz CT molecular complexity index is 1820. The molecule has 16 heteroatoms. The second-order valence-corrected chi connectivity index (χ2v) is 21.0. The van der Waals surface area contributed by atoms with E-state index in [1.807, 2.05) is 103 Å². The van der Waals surface area contributed by atoms with E-state index in [1.165, 1.54) is 11.3 Å². The van der Waals surface area contributed by atoms with Crippen LogP contribution in [-0.4, -0.2) is 126 Å². The highest BCUT2D eigenvalue weighted by atomic mass is 32.1. The highest BCUT2D eigenvalue weighted by Gasteiger charge is 2.44. The topological polar surface area (TPSA) is 195 Å². The molecule has 1 aromatic heterocycles. The standard InChI is InChI=1S/C49H81N7O8S/c1-15-32(4)41(55(12)45(60)40(31(2)3)53-46(61)49(10,11)54-38(57)23-24-48(8,9)64-30-47(6,7)50)37(62-13)29-39(58)56-26-19-22-36(56)42(63-14)33(5)43(59)52-35(44-51-25-27-65-44)28-34-20-17-16-18-21-34/h16-18,20-21,25,27,31-33,35-37,40-42H,15,19,22-24,26,28-30,50H2,1-14H3,(H,52,59)(H,53,61)(H,54,57)/t32-,33+,35-,36-,37+,40-,41-,42+/m0/s1. The summed E-state index contributed by atoms with van der Waals surface area (Å²) in [5, 5.41) is 11.7. The number of hydrogen-bond acceptors (Lipinski definition) is 11. The average Bonchev–Trinajstić information content (AvgIpc) is 3.97. The first kappa shape index (κ1) is 55.4. The molecule has 0 saturated carbocycles. The van der Waals surface area contributed by atoms with E-state index in [9.17, 15) is 24.0 Å². The van der Waals surface area contributed by atoms with Gasteiger partial charge in [-0.25, -0.2) is 4.98 Å². The van der Waals surface area contributed by atoms with Gasteiger partial charge >= 0.3 is 0 Å². The van der Waals surface area contributed by atoms with Crippen molar-refractivity contribution in [2.24, 2.45) is 23.5 Å². The average molecular weight is 928 g/mol. The van der Waals surface area contributed by atoms with Gasteiger partial charge in [-0.15, -0.1) is 11.3 Å². The maximum Gasteiger partial charge on any atom is 0.245 e. The van der Waals surface area contributed by atoms with E-state index < -0.39 is 52.8 Å². The number of nitrogens with one attached hydrogen (secondary N) is 3. The summed E-state index contributed by atoms with van der Waals surface area (Å²) in [6, 6.07) is 7.82. The highest BCUT2D eigenvalue weighted by molar-refractivity contribution is 7.09. The third-order valence-corrected chi connectivity index (χ3v) is 13.5. The maximum absolute atomic E-state index is 14.5. The number of nitrogens with two attached hydrogens (primary N) is 1. The lowest BCUT2D eigenvalue weighted by molar-refractivity contribution is -0.148. The molecular formula is C49H81N7O8S. The third-order valence-electron chi connectivity index (χ3n) is 12.6. The zero-order valence-corrected chi connectivity index (χ0v) is 42.5. The van der Waals surface area contributed by atoms with Crippen LogP contribution in [0.25, 0.3) is 0 Å². The minimum Gasteiger partial charge on any atom is -0.379 e. The van der Waals surface area contributed by atoms with E-state index in [2.05, 4.69) is 20.9 Å². The van der Waals surface area contributed by atoms with Crippen molar-refractivity contribution in [3.63, 3.8) is 0 Å². The van der Waals surface area contributed by atoms with E-state index >= 15 is 0 Å². The lowest BCUT2D eigenvalue weighted by atomic mass is 9.89. The minimum absolute atomic E-state index is 0.0105. The lowest BCUT2D eigenvalue weighted by Crippen LogP contribution is -2.62. The van der Waals surface area contributed by atoms with E-state index in [4.69, 9.17) is 19.9 Å². The van der Waals surface area contributed by atoms with Gasteiger partial charge in [0.15, 0.2) is 0 Å². The summed E-state index contributed by atoms with van der Waals surface area (Å²) >= 11 is 1.49. The molecule has 1 aliphatic heterocycles. The number of likely N-dealkylation sites (tertiary alicyclic amines) is 1. The molecule has 3 rings (SSSR count). The smallest absolute Gasteiger partial charge is 0.245 e. The molecule has 5 N–H and O–H groups in total. The van der Waals surface area contributed by atoms with Gasteiger partial charge in [-0.2, -0.15) is 0 Å². The number of methoxy groups -OCH3 is 2. The zero-order valence-electron chi connectivity index (χ0n) is 41.7. The number of ether oxygens (including phenoxy) is 3. The Balaban J connectivity index is 1.73. The minimum atomic E-state index is -1.33. The lowest BCUT2D eigenvalue weighted by Gasteiger charge is -2.41. The number of amides is 5. The molecule has 15 nitrogen and oxygen atoms in total. The summed E-state index contributed by atoms with van der Waals surface area (Å²) in [4.78, 5) is 77.8. The number of rotatable bonds is 26. The largest absolute Gasteiger partial charge is 0.379 e. The number of hydrogen-bond donors (Lipinski definition) is 4. The fourth-order valence-corrected chi connectivity index (χ4v) is 9.15. The van der Waals surface area contributed by atoms with E-state index in [1.54, 1.807) is 46.2 Å². The molecule has 0 bridgehead atoms. The van der Waals surface area contributed by atoms with Gasteiger partial charge in [0.1, 0.15) is 16.6 Å². The van der Waals surface area contributed by atoms with Crippen molar-refractivity contribution in [2.45, 2.75) is 174 Å². The van der Waals surface area contributed by atoms with Crippen LogP contribution in [0.1, 0.15) is 131 Å². The summed E-state index contributed by atoms with van der Waals surface area (Å²) in [6.07, 6.45) is 3.68. The van der Waals surface area contributed by atoms with Crippen LogP contribution in [0.2, 0.25) is 0 Å². The van der Waals surface area contributed by atoms with Crippen LogP contribution < -0.4 is 21.7 Å². The van der Waals surface area contributed by atoms with Gasteiger partial charge in [0, 0.05) is 51.3 Å². The number of likely N-dealkylation sites (N-methyl/N-ethyl adjacent to an activating group) is 1. The molecule has 1 fully saturated rings. The molecule has 8 atom stereocenters. The molecule has 65 heavy (non-hydrogen) atoms. The molecule has 366 valence electrons. The van der Waals surface area contributed by atoms with Crippen LogP contribution >= 0.6 is 11.3 Å². The second kappa shape index (κ2) is 24.7. The summed E-state index contributed by atoms with van der Waals surface area (Å²) < 4.78 is 18.1. The Morgan fingerprint density at radius 1 is 0.985 bits per heavy atom. The third kappa shape index (κ3) is 16.4. The van der Waals surface area contributed by atoms with Gasteiger partial charge in [0.2, 0.25) is 29.5 Å². The fourth-order valence-electron chi connectivity index (χ4n) is 8.46. The van der Waals surface area contributed by atoms with Crippen LogP contribution in [0.4, 0.5) is 0 Å². The van der Waals surface area contributed by atoms with Crippen LogP contribution in [0.15, 0.2) is 41.9 Å². The van der Waals surface area contributed by atoms with Gasteiger partial charge < -0.3 is 45.7 Å². The van der Waals surface area contributed by atoms with E-state index in [0.29, 0.717) is 38.8 Å². The van der Waals surface area contributed by atoms with Crippen LogP contribution in [0, 0.1) is 17.8 Å². The van der Waals surface area contributed by atoms with Crippen molar-refractivity contribution < 1.29 is 38.2 Å². The number of carbonyl (C=O) groups is 5. The van der Waals surface area contributed by atoms with Crippen molar-refractivity contribution in [1.82, 2.24) is 30.7 Å². The Labute approximate surface area is 393 Å². The predicted octanol–water partition coefficient (Wildman–Crippen LogP) is 5.81. The Hall–Kier alpha value is -3.96. The number of nitrogens with zero attached hydrogens (tertiary/aromatic N) is 3. The number of thiazole rings is 1. The van der Waals surface area contributed by atoms with Crippen LogP contribution in [0.3, 0.4) is 0 Å². The molecule has 0 radical (unpaired) electrons. The van der Waals surface area contributed by atoms with Crippen molar-refractivity contribution in [3.8, 4) is 0 Å². The van der Waals surface area contributed by atoms with Gasteiger partial charge in [0.05, 0.1) is 54.9 Å². The molecule has 1 aliphatic rings. The molecule has 1 aromatic carbocycles. The molecule has 0 aliphatic carbocycles. The van der Waals surface area contributed by atoms with E-state index in [-0.39, 0.29) is 60.4 Å². The molecule has 0 spiro atoms. The van der Waals surface area contributed by atoms with Gasteiger partial charge in [-0.1, -0.05) is 71.4 Å². The van der Waals surface area contributed by atoms with Crippen molar-refractivity contribution in [2.75, 3.05) is 34.4 Å². The second-order valence-electron chi connectivity index (χ2n) is 20.1. The Morgan fingerprint density at radius 2 is 1.65 bits per heavy atom. The number of carbonyl (C=O) groups excluding carboxylic acids is 5. The molecule has 1 saturated heterocycles. The predicted molar refractivity (Wildman–Crippen MR) is 256 cm³/mol. The normalized spacial score (nSPS) is 18.0. The molecule has 0 unspecified atom stereocenters. The molecule has 2 aromatic rings. The van der Waals surface area contributed by atoms with Crippen molar-refractivity contribution >= 4 is 40.9 Å². The van der Waals surface area contributed by atoms with Gasteiger partial charge in [-0.05, 0) is 84.6 Å². The first-order valence-corrected chi connectivity index (χ1v) is 24.1. The van der Waals surface area contributed by atoms with Crippen molar-refractivity contribution in [3.05, 3.63) is 52.5 Å². The summed E-state index contributed by atoms with van der Waals surface area (Å²) in [5.74, 6) is -2.49. The molecular weight excluding hydrogens is 847 g/mol. The van der Waals surface area contributed by atoms with E-state index in [0.717, 1.165) is 17.0 Å². The monoisotopic (exact) mass is 928 g/mol. The quantitative estimate of drug-likeness (QED) is 0.0895. The SMILES string of the molecule is CC[C@H](C)[C@@H]([C@@H](CC(=O)N1CCC[C@H]1[C@H](OC)[C@@H](C)C(=O)N[C@@H](Cc1ccccc1)c1nccs1)OC)N(C)C(=O)[C@@H](NC(=O)C(C)(C)NC(=O)CCC(C)(C)OCC(C)(C)N)C(C)C. The molecule has 5 amide bonds. The van der Waals surface area contributed by atoms with Crippen molar-refractivity contribution in [1.29, 1.82) is 0 Å². The van der Waals surface area contributed by atoms with Gasteiger partial charge in [-0.3, -0.25) is 24.0 Å². The highest BCUT2D eigenvalue weighted by Crippen LogP contribution is 2.31. The fraction of sp³-hybridized carbons (Fsp3) is 0.714.